The highest BCUT2D eigenvalue weighted by molar-refractivity contribution is 5.84. The number of carbonyl (C=O) groups excluding carboxylic acids is 1. The van der Waals surface area contributed by atoms with Crippen LogP contribution in [0.15, 0.2) is 18.2 Å². The van der Waals surface area contributed by atoms with E-state index in [0.29, 0.717) is 12.0 Å². The molecular weight excluding hydrogens is 349 g/mol. The fourth-order valence-corrected chi connectivity index (χ4v) is 3.38. The van der Waals surface area contributed by atoms with E-state index in [9.17, 15) is 31.5 Å². The molecular formula is C16H14F5NO3. The van der Waals surface area contributed by atoms with Crippen LogP contribution < -0.4 is 0 Å². The molecule has 1 heterocycles. The minimum Gasteiger partial charge on any atom is -0.481 e. The minimum absolute atomic E-state index is 0.314. The molecule has 1 aliphatic carbocycles. The lowest BCUT2D eigenvalue weighted by Crippen LogP contribution is -2.34. The maximum absolute atomic E-state index is 13.3. The number of aliphatic carboxylic acids is 1. The summed E-state index contributed by atoms with van der Waals surface area (Å²) in [5, 5.41) is 8.97. The molecule has 2 unspecified atom stereocenters. The Bertz CT molecular complexity index is 720. The number of carboxylic acid groups (broad SMARTS) is 1. The molecule has 1 amide bonds. The van der Waals surface area contributed by atoms with Crippen LogP contribution in [0.2, 0.25) is 0 Å². The van der Waals surface area contributed by atoms with Crippen LogP contribution >= 0.6 is 0 Å². The highest BCUT2D eigenvalue weighted by atomic mass is 19.4. The van der Waals surface area contributed by atoms with Gasteiger partial charge in [0.15, 0.2) is 11.6 Å². The number of nitrogens with zero attached hydrogens (tertiary/aromatic N) is 1. The van der Waals surface area contributed by atoms with Gasteiger partial charge in [-0.2, -0.15) is 13.2 Å². The largest absolute Gasteiger partial charge is 0.481 e. The molecule has 9 heteroatoms. The van der Waals surface area contributed by atoms with Crippen LogP contribution in [0.1, 0.15) is 17.9 Å². The van der Waals surface area contributed by atoms with E-state index in [1.807, 2.05) is 0 Å². The zero-order chi connectivity index (χ0) is 18.5. The number of carboxylic acids is 1. The van der Waals surface area contributed by atoms with E-state index in [4.69, 9.17) is 5.11 Å². The number of hydrogen-bond acceptors (Lipinski definition) is 2. The lowest BCUT2D eigenvalue weighted by Gasteiger charge is -2.18. The molecule has 1 saturated carbocycles. The summed E-state index contributed by atoms with van der Waals surface area (Å²) in [5.74, 6) is -9.07. The molecule has 4 atom stereocenters. The summed E-state index contributed by atoms with van der Waals surface area (Å²) in [7, 11) is 0. The third-order valence-electron chi connectivity index (χ3n) is 4.85. The van der Waals surface area contributed by atoms with Crippen LogP contribution in [0.3, 0.4) is 0 Å². The third kappa shape index (κ3) is 3.32. The van der Waals surface area contributed by atoms with Crippen molar-refractivity contribution in [3.8, 4) is 0 Å². The monoisotopic (exact) mass is 363 g/mol. The van der Waals surface area contributed by atoms with Crippen LogP contribution in [-0.2, 0) is 9.59 Å². The Morgan fingerprint density at radius 2 is 1.76 bits per heavy atom. The highest BCUT2D eigenvalue weighted by Crippen LogP contribution is 2.50. The summed E-state index contributed by atoms with van der Waals surface area (Å²) < 4.78 is 65.1. The van der Waals surface area contributed by atoms with E-state index in [-0.39, 0.29) is 0 Å². The topological polar surface area (TPSA) is 57.6 Å². The van der Waals surface area contributed by atoms with Gasteiger partial charge in [0.25, 0.3) is 0 Å². The fourth-order valence-electron chi connectivity index (χ4n) is 3.38. The van der Waals surface area contributed by atoms with Gasteiger partial charge in [0.2, 0.25) is 5.91 Å². The van der Waals surface area contributed by atoms with Crippen molar-refractivity contribution in [1.29, 1.82) is 0 Å². The number of benzene rings is 1. The summed E-state index contributed by atoms with van der Waals surface area (Å²) in [4.78, 5) is 24.4. The van der Waals surface area contributed by atoms with Gasteiger partial charge in [-0.3, -0.25) is 9.59 Å². The van der Waals surface area contributed by atoms with Crippen molar-refractivity contribution in [2.45, 2.75) is 18.5 Å². The van der Waals surface area contributed by atoms with Crippen molar-refractivity contribution in [3.63, 3.8) is 0 Å². The SMILES string of the molecule is O=C(O)[C@@H]1CN(C(=O)C2CC2c2ccc(F)c(F)c2)C[C@H]1C(F)(F)F. The second-order valence-corrected chi connectivity index (χ2v) is 6.46. The van der Waals surface area contributed by atoms with Gasteiger partial charge in [0.1, 0.15) is 0 Å². The maximum Gasteiger partial charge on any atom is 0.394 e. The first kappa shape index (κ1) is 17.6. The van der Waals surface area contributed by atoms with Gasteiger partial charge in [0, 0.05) is 19.0 Å². The summed E-state index contributed by atoms with van der Waals surface area (Å²) >= 11 is 0. The van der Waals surface area contributed by atoms with E-state index in [1.54, 1.807) is 0 Å². The highest BCUT2D eigenvalue weighted by Gasteiger charge is 2.56. The van der Waals surface area contributed by atoms with Gasteiger partial charge < -0.3 is 10.0 Å². The molecule has 0 bridgehead atoms. The Hall–Kier alpha value is -2.19. The average Bonchev–Trinajstić information content (AvgIpc) is 3.16. The molecule has 1 N–H and O–H groups in total. The molecule has 1 saturated heterocycles. The van der Waals surface area contributed by atoms with E-state index in [2.05, 4.69) is 0 Å². The molecule has 1 aromatic rings. The molecule has 2 fully saturated rings. The molecule has 0 spiro atoms. The minimum atomic E-state index is -4.71. The number of carbonyl (C=O) groups is 2. The van der Waals surface area contributed by atoms with Crippen molar-refractivity contribution in [1.82, 2.24) is 4.90 Å². The smallest absolute Gasteiger partial charge is 0.394 e. The summed E-state index contributed by atoms with van der Waals surface area (Å²) in [6.45, 7) is -1.19. The van der Waals surface area contributed by atoms with Gasteiger partial charge >= 0.3 is 12.1 Å². The van der Waals surface area contributed by atoms with Crippen LogP contribution in [-0.4, -0.2) is 41.1 Å². The Balaban J connectivity index is 1.70. The second-order valence-electron chi connectivity index (χ2n) is 6.46. The first-order valence-electron chi connectivity index (χ1n) is 7.63. The van der Waals surface area contributed by atoms with Gasteiger partial charge in [-0.25, -0.2) is 8.78 Å². The third-order valence-corrected chi connectivity index (χ3v) is 4.85. The van der Waals surface area contributed by atoms with Crippen LogP contribution in [0.25, 0.3) is 0 Å². The normalized spacial score (nSPS) is 28.9. The standard InChI is InChI=1S/C16H14F5NO3/c17-12-2-1-7(3-13(12)18)8-4-9(8)14(23)22-5-10(15(24)25)11(6-22)16(19,20)21/h1-3,8-11H,4-6H2,(H,24,25)/t8?,9?,10-,11-/m1/s1. The van der Waals surface area contributed by atoms with Crippen molar-refractivity contribution in [3.05, 3.63) is 35.4 Å². The molecule has 25 heavy (non-hydrogen) atoms. The van der Waals surface area contributed by atoms with E-state index >= 15 is 0 Å². The lowest BCUT2D eigenvalue weighted by molar-refractivity contribution is -0.188. The van der Waals surface area contributed by atoms with Crippen molar-refractivity contribution >= 4 is 11.9 Å². The van der Waals surface area contributed by atoms with Gasteiger partial charge in [-0.05, 0) is 30.0 Å². The molecule has 0 radical (unpaired) electrons. The predicted molar refractivity (Wildman–Crippen MR) is 74.5 cm³/mol. The molecule has 3 rings (SSSR count). The Labute approximate surface area is 139 Å². The average molecular weight is 363 g/mol. The van der Waals surface area contributed by atoms with Crippen LogP contribution in [0, 0.1) is 29.4 Å². The zero-order valence-electron chi connectivity index (χ0n) is 12.8. The van der Waals surface area contributed by atoms with E-state index in [1.165, 1.54) is 6.07 Å². The molecule has 4 nitrogen and oxygen atoms in total. The lowest BCUT2D eigenvalue weighted by atomic mass is 9.96. The van der Waals surface area contributed by atoms with Gasteiger partial charge in [-0.15, -0.1) is 0 Å². The Kier molecular flexibility index (Phi) is 4.20. The van der Waals surface area contributed by atoms with Gasteiger partial charge in [0.05, 0.1) is 11.8 Å². The first-order chi connectivity index (χ1) is 11.6. The van der Waals surface area contributed by atoms with E-state index in [0.717, 1.165) is 17.0 Å². The fraction of sp³-hybridized carbons (Fsp3) is 0.500. The van der Waals surface area contributed by atoms with Crippen molar-refractivity contribution in [2.24, 2.45) is 17.8 Å². The number of halogens is 5. The molecule has 1 aromatic carbocycles. The number of hydrogen-bond donors (Lipinski definition) is 1. The molecule has 136 valence electrons. The summed E-state index contributed by atoms with van der Waals surface area (Å²) in [6, 6.07) is 3.23. The summed E-state index contributed by atoms with van der Waals surface area (Å²) in [5.41, 5.74) is 0.401. The Morgan fingerprint density at radius 1 is 1.08 bits per heavy atom. The molecule has 1 aliphatic heterocycles. The zero-order valence-corrected chi connectivity index (χ0v) is 12.8. The van der Waals surface area contributed by atoms with Gasteiger partial charge in [-0.1, -0.05) is 6.07 Å². The number of likely N-dealkylation sites (tertiary alicyclic amines) is 1. The predicted octanol–water partition coefficient (Wildman–Crippen LogP) is 2.79. The van der Waals surface area contributed by atoms with Crippen molar-refractivity contribution < 1.29 is 36.6 Å². The first-order valence-corrected chi connectivity index (χ1v) is 7.63. The van der Waals surface area contributed by atoms with Crippen LogP contribution in [0.4, 0.5) is 22.0 Å². The number of alkyl halides is 3. The molecule has 2 aliphatic rings. The number of amides is 1. The summed E-state index contributed by atoms with van der Waals surface area (Å²) in [6.07, 6.45) is -4.39. The number of rotatable bonds is 3. The molecule has 0 aromatic heterocycles. The van der Waals surface area contributed by atoms with E-state index < -0.39 is 66.4 Å². The quantitative estimate of drug-likeness (QED) is 0.841. The van der Waals surface area contributed by atoms with Crippen molar-refractivity contribution in [2.75, 3.05) is 13.1 Å². The Morgan fingerprint density at radius 3 is 2.28 bits per heavy atom. The maximum atomic E-state index is 13.3. The second kappa shape index (κ2) is 5.96. The van der Waals surface area contributed by atoms with Crippen LogP contribution in [0.5, 0.6) is 0 Å².